The summed E-state index contributed by atoms with van der Waals surface area (Å²) in [6.07, 6.45) is 0.166. The van der Waals surface area contributed by atoms with Gasteiger partial charge in [0.15, 0.2) is 11.4 Å². The largest absolute Gasteiger partial charge is 0.510 e. The number of aliphatic hydroxyl groups excluding tert-OH is 2. The average Bonchev–Trinajstić information content (AvgIpc) is 2.75. The van der Waals surface area contributed by atoms with E-state index in [9.17, 15) is 39.6 Å². The van der Waals surface area contributed by atoms with Crippen LogP contribution in [0.4, 0.5) is 0 Å². The summed E-state index contributed by atoms with van der Waals surface area (Å²) in [4.78, 5) is 51.7. The fourth-order valence-electron chi connectivity index (χ4n) is 5.70. The first-order chi connectivity index (χ1) is 16.3. The number of amides is 2. The number of hydrogen-bond donors (Lipinski definition) is 6. The zero-order chi connectivity index (χ0) is 26.0. The summed E-state index contributed by atoms with van der Waals surface area (Å²) < 4.78 is 0. The molecule has 7 N–H and O–H groups in total. The number of Topliss-reactive ketones (excluding diaryl/α,β-unsaturated/α-hetero) is 2. The first-order valence-corrected chi connectivity index (χ1v) is 11.0. The molecule has 3 aliphatic carbocycles. The van der Waals surface area contributed by atoms with Crippen LogP contribution >= 0.6 is 0 Å². The number of allylic oxidation sites excluding steroid dienone is 1. The van der Waals surface area contributed by atoms with Gasteiger partial charge in [-0.3, -0.25) is 24.1 Å². The van der Waals surface area contributed by atoms with Gasteiger partial charge in [-0.05, 0) is 50.0 Å². The third-order valence-corrected chi connectivity index (χ3v) is 7.23. The van der Waals surface area contributed by atoms with Crippen LogP contribution in [0.25, 0.3) is 0 Å². The highest BCUT2D eigenvalue weighted by molar-refractivity contribution is 6.24. The minimum atomic E-state index is -2.67. The van der Waals surface area contributed by atoms with Crippen molar-refractivity contribution in [1.29, 1.82) is 0 Å². The number of fused-ring (bicyclic) bond motifs is 3. The van der Waals surface area contributed by atoms with Gasteiger partial charge in [-0.2, -0.15) is 0 Å². The minimum Gasteiger partial charge on any atom is -0.510 e. The molecular formula is C24H27N3O8. The normalized spacial score (nSPS) is 28.0. The van der Waals surface area contributed by atoms with E-state index in [1.165, 1.54) is 17.9 Å². The Hall–Kier alpha value is -3.70. The second-order valence-electron chi connectivity index (χ2n) is 9.47. The third-order valence-electron chi connectivity index (χ3n) is 7.23. The molecule has 3 aliphatic rings. The maximum absolute atomic E-state index is 13.5. The number of ketones is 2. The minimum absolute atomic E-state index is 0.000987. The van der Waals surface area contributed by atoms with E-state index in [4.69, 9.17) is 5.73 Å². The van der Waals surface area contributed by atoms with Gasteiger partial charge in [0, 0.05) is 25.0 Å². The van der Waals surface area contributed by atoms with Crippen LogP contribution in [0, 0.1) is 11.8 Å². The van der Waals surface area contributed by atoms with E-state index in [1.54, 1.807) is 20.2 Å². The second kappa shape index (κ2) is 8.21. The van der Waals surface area contributed by atoms with Crippen molar-refractivity contribution in [1.82, 2.24) is 10.2 Å². The molecule has 4 unspecified atom stereocenters. The van der Waals surface area contributed by atoms with Crippen molar-refractivity contribution < 1.29 is 39.6 Å². The maximum atomic E-state index is 13.5. The number of benzene rings is 1. The van der Waals surface area contributed by atoms with Gasteiger partial charge >= 0.3 is 0 Å². The quantitative estimate of drug-likeness (QED) is 0.312. The fourth-order valence-corrected chi connectivity index (χ4v) is 5.70. The summed E-state index contributed by atoms with van der Waals surface area (Å²) in [6.45, 7) is 1.46. The van der Waals surface area contributed by atoms with E-state index in [0.717, 1.165) is 0 Å². The smallest absolute Gasteiger partial charge is 0.255 e. The molecule has 4 atom stereocenters. The van der Waals surface area contributed by atoms with Crippen LogP contribution in [0.3, 0.4) is 0 Å². The molecule has 11 heteroatoms. The maximum Gasteiger partial charge on any atom is 0.255 e. The standard InChI is InChI=1S/C24H27N3O8/c1-9(28)26-8-10-4-5-14(29)16-12(10)6-11-7-13-18(27(2)3)20(31)17(23(25)34)22(33)24(13,35)21(32)15(11)19(16)30/h4-5,11,13,18,29,31-32,35H,6-8H2,1-3H3,(H2,25,34)(H,26,28). The van der Waals surface area contributed by atoms with Gasteiger partial charge in [0.25, 0.3) is 5.91 Å². The van der Waals surface area contributed by atoms with Crippen molar-refractivity contribution in [2.75, 3.05) is 14.1 Å². The molecule has 1 aromatic rings. The zero-order valence-electron chi connectivity index (χ0n) is 19.5. The van der Waals surface area contributed by atoms with Gasteiger partial charge in [-0.1, -0.05) is 6.07 Å². The van der Waals surface area contributed by atoms with Crippen LogP contribution in [-0.2, 0) is 27.3 Å². The van der Waals surface area contributed by atoms with Crippen LogP contribution in [0.2, 0.25) is 0 Å². The molecule has 35 heavy (non-hydrogen) atoms. The lowest BCUT2D eigenvalue weighted by Crippen LogP contribution is -2.63. The van der Waals surface area contributed by atoms with Crippen LogP contribution in [0.5, 0.6) is 5.75 Å². The number of nitrogens with two attached hydrogens (primary N) is 1. The topological polar surface area (TPSA) is 190 Å². The molecule has 0 bridgehead atoms. The molecule has 11 nitrogen and oxygen atoms in total. The molecule has 1 aromatic carbocycles. The Bertz CT molecular complexity index is 1250. The number of primary amides is 1. The molecule has 0 saturated carbocycles. The van der Waals surface area contributed by atoms with E-state index in [1.807, 2.05) is 0 Å². The Balaban J connectivity index is 1.91. The molecule has 0 fully saturated rings. The highest BCUT2D eigenvalue weighted by Crippen LogP contribution is 2.52. The van der Waals surface area contributed by atoms with E-state index in [-0.39, 0.29) is 42.2 Å². The number of aromatic hydroxyl groups is 1. The van der Waals surface area contributed by atoms with Crippen LogP contribution in [0.1, 0.15) is 34.8 Å². The van der Waals surface area contributed by atoms with Crippen molar-refractivity contribution in [3.05, 3.63) is 51.5 Å². The summed E-state index contributed by atoms with van der Waals surface area (Å²) >= 11 is 0. The molecule has 0 heterocycles. The number of aliphatic hydroxyl groups is 3. The summed E-state index contributed by atoms with van der Waals surface area (Å²) in [6, 6.07) is 1.83. The number of carbonyl (C=O) groups excluding carboxylic acids is 4. The third kappa shape index (κ3) is 3.41. The molecule has 0 radical (unpaired) electrons. The van der Waals surface area contributed by atoms with E-state index >= 15 is 0 Å². The molecule has 0 spiro atoms. The number of rotatable bonds is 4. The van der Waals surface area contributed by atoms with Gasteiger partial charge < -0.3 is 31.5 Å². The number of likely N-dealkylation sites (N-methyl/N-ethyl adjacent to an activating group) is 1. The van der Waals surface area contributed by atoms with Crippen molar-refractivity contribution in [2.45, 2.75) is 38.0 Å². The van der Waals surface area contributed by atoms with Crippen LogP contribution < -0.4 is 11.1 Å². The van der Waals surface area contributed by atoms with Gasteiger partial charge in [0.2, 0.25) is 11.7 Å². The predicted molar refractivity (Wildman–Crippen MR) is 121 cm³/mol. The van der Waals surface area contributed by atoms with E-state index in [2.05, 4.69) is 5.32 Å². The molecule has 4 rings (SSSR count). The number of phenols is 1. The lowest BCUT2D eigenvalue weighted by Gasteiger charge is -2.50. The second-order valence-corrected chi connectivity index (χ2v) is 9.47. The fraction of sp³-hybridized carbons (Fsp3) is 0.417. The SMILES string of the molecule is CC(=O)NCc1ccc(O)c2c1CC1CC3C(N(C)C)C(O)=C(C(N)=O)C(=O)C3(O)C(O)=C1C2=O. The highest BCUT2D eigenvalue weighted by atomic mass is 16.3. The number of nitrogens with zero attached hydrogens (tertiary/aromatic N) is 1. The summed E-state index contributed by atoms with van der Waals surface area (Å²) in [5, 5.41) is 46.7. The molecular weight excluding hydrogens is 458 g/mol. The lowest BCUT2D eigenvalue weighted by molar-refractivity contribution is -0.148. The zero-order valence-corrected chi connectivity index (χ0v) is 19.5. The summed E-state index contributed by atoms with van der Waals surface area (Å²) in [5.74, 6) is -7.24. The van der Waals surface area contributed by atoms with Crippen molar-refractivity contribution >= 4 is 23.4 Å². The predicted octanol–water partition coefficient (Wildman–Crippen LogP) is -0.243. The Morgan fingerprint density at radius 1 is 1.20 bits per heavy atom. The van der Waals surface area contributed by atoms with Crippen molar-refractivity contribution in [3.63, 3.8) is 0 Å². The number of phenolic OH excluding ortho intramolecular Hbond substituents is 1. The lowest BCUT2D eigenvalue weighted by atomic mass is 9.58. The molecule has 0 saturated heterocycles. The first-order valence-electron chi connectivity index (χ1n) is 11.0. The molecule has 0 aliphatic heterocycles. The van der Waals surface area contributed by atoms with E-state index < -0.39 is 58.0 Å². The van der Waals surface area contributed by atoms with Gasteiger partial charge in [-0.25, -0.2) is 0 Å². The monoisotopic (exact) mass is 485 g/mol. The van der Waals surface area contributed by atoms with Crippen molar-refractivity contribution in [3.8, 4) is 5.75 Å². The number of hydrogen-bond acceptors (Lipinski definition) is 9. The van der Waals surface area contributed by atoms with Crippen LogP contribution in [-0.4, -0.2) is 74.4 Å². The highest BCUT2D eigenvalue weighted by Gasteiger charge is 2.63. The van der Waals surface area contributed by atoms with Crippen molar-refractivity contribution in [2.24, 2.45) is 17.6 Å². The number of nitrogens with one attached hydrogen (secondary N) is 1. The molecule has 186 valence electrons. The average molecular weight is 485 g/mol. The van der Waals surface area contributed by atoms with Gasteiger partial charge in [0.05, 0.1) is 11.6 Å². The van der Waals surface area contributed by atoms with Gasteiger partial charge in [0.1, 0.15) is 22.8 Å². The van der Waals surface area contributed by atoms with E-state index in [0.29, 0.717) is 11.1 Å². The molecule has 0 aromatic heterocycles. The summed E-state index contributed by atoms with van der Waals surface area (Å²) in [5.41, 5.74) is 2.56. The first kappa shape index (κ1) is 24.4. The Morgan fingerprint density at radius 2 is 1.86 bits per heavy atom. The Labute approximate surface area is 200 Å². The van der Waals surface area contributed by atoms with Gasteiger partial charge in [-0.15, -0.1) is 0 Å². The Kier molecular flexibility index (Phi) is 5.73. The van der Waals surface area contributed by atoms with Crippen LogP contribution in [0.15, 0.2) is 34.8 Å². The molecule has 2 amide bonds. The summed E-state index contributed by atoms with van der Waals surface area (Å²) in [7, 11) is 3.13. The Morgan fingerprint density at radius 3 is 2.43 bits per heavy atom. The number of carbonyl (C=O) groups is 4.